The molecule has 0 aliphatic rings. The molecule has 0 atom stereocenters. The second kappa shape index (κ2) is 7.20. The molecular formula is C16H15ClN4O3S. The molecule has 1 amide bonds. The lowest BCUT2D eigenvalue weighted by Gasteiger charge is -1.99. The largest absolute Gasteiger partial charge is 0.462 e. The molecule has 3 rings (SSSR count). The number of anilines is 1. The van der Waals surface area contributed by atoms with Crippen LogP contribution in [-0.4, -0.2) is 32.9 Å². The fourth-order valence-electron chi connectivity index (χ4n) is 2.27. The van der Waals surface area contributed by atoms with Crippen molar-refractivity contribution in [2.75, 3.05) is 11.9 Å². The van der Waals surface area contributed by atoms with Gasteiger partial charge >= 0.3 is 5.97 Å². The van der Waals surface area contributed by atoms with Crippen LogP contribution in [0.2, 0.25) is 5.02 Å². The van der Waals surface area contributed by atoms with Crippen LogP contribution < -0.4 is 5.32 Å². The fraction of sp³-hybridized carbons (Fsp3) is 0.250. The second-order valence-electron chi connectivity index (χ2n) is 5.22. The van der Waals surface area contributed by atoms with Gasteiger partial charge in [0.2, 0.25) is 5.91 Å². The van der Waals surface area contributed by atoms with Gasteiger partial charge in [0.05, 0.1) is 29.4 Å². The van der Waals surface area contributed by atoms with Crippen molar-refractivity contribution < 1.29 is 14.3 Å². The summed E-state index contributed by atoms with van der Waals surface area (Å²) in [4.78, 5) is 32.9. The first kappa shape index (κ1) is 17.4. The number of halogens is 1. The number of nitrogens with zero attached hydrogens (tertiary/aromatic N) is 3. The number of imidazole rings is 1. The Morgan fingerprint density at radius 3 is 2.88 bits per heavy atom. The SMILES string of the molecule is CCOC(=O)c1sc(NC(=O)Cc2cn3cc(Cl)ccc3n2)nc1C. The van der Waals surface area contributed by atoms with Crippen molar-refractivity contribution in [3.8, 4) is 0 Å². The lowest BCUT2D eigenvalue weighted by molar-refractivity contribution is -0.115. The highest BCUT2D eigenvalue weighted by Gasteiger charge is 2.18. The molecule has 9 heteroatoms. The number of carbonyl (C=O) groups excluding carboxylic acids is 2. The average Bonchev–Trinajstić information content (AvgIpc) is 3.09. The Labute approximate surface area is 152 Å². The van der Waals surface area contributed by atoms with Gasteiger partial charge in [0.15, 0.2) is 5.13 Å². The van der Waals surface area contributed by atoms with E-state index >= 15 is 0 Å². The molecule has 130 valence electrons. The highest BCUT2D eigenvalue weighted by molar-refractivity contribution is 7.17. The lowest BCUT2D eigenvalue weighted by Crippen LogP contribution is -2.14. The van der Waals surface area contributed by atoms with E-state index in [0.29, 0.717) is 32.1 Å². The Bertz CT molecular complexity index is 950. The van der Waals surface area contributed by atoms with Gasteiger partial charge in [0.1, 0.15) is 10.5 Å². The number of hydrogen-bond donors (Lipinski definition) is 1. The first-order chi connectivity index (χ1) is 12.0. The van der Waals surface area contributed by atoms with Gasteiger partial charge in [-0.2, -0.15) is 0 Å². The molecule has 3 aromatic rings. The van der Waals surface area contributed by atoms with Crippen molar-refractivity contribution in [1.82, 2.24) is 14.4 Å². The molecule has 0 bridgehead atoms. The third-order valence-electron chi connectivity index (χ3n) is 3.31. The third-order valence-corrected chi connectivity index (χ3v) is 4.59. The average molecular weight is 379 g/mol. The van der Waals surface area contributed by atoms with Gasteiger partial charge < -0.3 is 14.5 Å². The number of amides is 1. The summed E-state index contributed by atoms with van der Waals surface area (Å²) >= 11 is 7.03. The first-order valence-electron chi connectivity index (χ1n) is 7.53. The van der Waals surface area contributed by atoms with E-state index in [-0.39, 0.29) is 18.9 Å². The predicted octanol–water partition coefficient (Wildman–Crippen LogP) is 3.11. The van der Waals surface area contributed by atoms with E-state index in [9.17, 15) is 9.59 Å². The quantitative estimate of drug-likeness (QED) is 0.689. The fourth-order valence-corrected chi connectivity index (χ4v) is 3.31. The number of esters is 1. The predicted molar refractivity (Wildman–Crippen MR) is 95.3 cm³/mol. The lowest BCUT2D eigenvalue weighted by atomic mass is 10.3. The van der Waals surface area contributed by atoms with Crippen molar-refractivity contribution in [2.45, 2.75) is 20.3 Å². The highest BCUT2D eigenvalue weighted by Crippen LogP contribution is 2.23. The zero-order valence-electron chi connectivity index (χ0n) is 13.6. The Balaban J connectivity index is 1.69. The number of nitrogens with one attached hydrogen (secondary N) is 1. The maximum absolute atomic E-state index is 12.2. The van der Waals surface area contributed by atoms with Crippen molar-refractivity contribution in [2.24, 2.45) is 0 Å². The Hall–Kier alpha value is -2.45. The Morgan fingerprint density at radius 2 is 2.12 bits per heavy atom. The number of thiazole rings is 1. The summed E-state index contributed by atoms with van der Waals surface area (Å²) in [5.74, 6) is -0.700. The smallest absolute Gasteiger partial charge is 0.350 e. The van der Waals surface area contributed by atoms with Crippen LogP contribution in [0.1, 0.15) is 28.0 Å². The van der Waals surface area contributed by atoms with Crippen LogP contribution in [0.5, 0.6) is 0 Å². The summed E-state index contributed by atoms with van der Waals surface area (Å²) in [7, 11) is 0. The van der Waals surface area contributed by atoms with Gasteiger partial charge in [0, 0.05) is 12.4 Å². The molecule has 0 unspecified atom stereocenters. The van der Waals surface area contributed by atoms with E-state index in [1.54, 1.807) is 42.8 Å². The van der Waals surface area contributed by atoms with E-state index < -0.39 is 5.97 Å². The Morgan fingerprint density at radius 1 is 1.32 bits per heavy atom. The normalized spacial score (nSPS) is 10.8. The highest BCUT2D eigenvalue weighted by atomic mass is 35.5. The van der Waals surface area contributed by atoms with E-state index in [1.165, 1.54) is 0 Å². The molecule has 0 radical (unpaired) electrons. The van der Waals surface area contributed by atoms with Crippen molar-refractivity contribution >= 4 is 45.6 Å². The van der Waals surface area contributed by atoms with Crippen molar-refractivity contribution in [3.05, 3.63) is 45.8 Å². The van der Waals surface area contributed by atoms with Gasteiger partial charge in [-0.25, -0.2) is 14.8 Å². The summed E-state index contributed by atoms with van der Waals surface area (Å²) in [5.41, 5.74) is 1.85. The van der Waals surface area contributed by atoms with Crippen LogP contribution in [0.3, 0.4) is 0 Å². The number of ether oxygens (including phenoxy) is 1. The van der Waals surface area contributed by atoms with Gasteiger partial charge in [-0.3, -0.25) is 4.79 Å². The van der Waals surface area contributed by atoms with Crippen LogP contribution in [0.4, 0.5) is 5.13 Å². The summed E-state index contributed by atoms with van der Waals surface area (Å²) in [6, 6.07) is 3.52. The minimum atomic E-state index is -0.435. The molecule has 0 spiro atoms. The number of aromatic nitrogens is 3. The zero-order chi connectivity index (χ0) is 18.0. The molecule has 7 nitrogen and oxygen atoms in total. The number of pyridine rings is 1. The van der Waals surface area contributed by atoms with Crippen molar-refractivity contribution in [1.29, 1.82) is 0 Å². The number of fused-ring (bicyclic) bond motifs is 1. The molecule has 25 heavy (non-hydrogen) atoms. The van der Waals surface area contributed by atoms with Crippen LogP contribution in [0, 0.1) is 6.92 Å². The maximum Gasteiger partial charge on any atom is 0.350 e. The molecule has 1 N–H and O–H groups in total. The van der Waals surface area contributed by atoms with Gasteiger partial charge in [0.25, 0.3) is 0 Å². The molecule has 0 saturated carbocycles. The molecule has 0 aromatic carbocycles. The molecule has 0 fully saturated rings. The molecule has 0 saturated heterocycles. The summed E-state index contributed by atoms with van der Waals surface area (Å²) in [6.45, 7) is 3.72. The minimum Gasteiger partial charge on any atom is -0.462 e. The van der Waals surface area contributed by atoms with Crippen LogP contribution >= 0.6 is 22.9 Å². The molecule has 0 aliphatic carbocycles. The summed E-state index contributed by atoms with van der Waals surface area (Å²) < 4.78 is 6.72. The molecule has 0 aliphatic heterocycles. The molecule has 3 heterocycles. The van der Waals surface area contributed by atoms with E-state index in [4.69, 9.17) is 16.3 Å². The number of carbonyl (C=O) groups is 2. The summed E-state index contributed by atoms with van der Waals surface area (Å²) in [6.07, 6.45) is 3.56. The first-order valence-corrected chi connectivity index (χ1v) is 8.73. The Kier molecular flexibility index (Phi) is 5.00. The second-order valence-corrected chi connectivity index (χ2v) is 6.66. The van der Waals surface area contributed by atoms with Crippen LogP contribution in [0.25, 0.3) is 5.65 Å². The molecular weight excluding hydrogens is 364 g/mol. The van der Waals surface area contributed by atoms with Gasteiger partial charge in [-0.05, 0) is 26.0 Å². The number of hydrogen-bond acceptors (Lipinski definition) is 6. The summed E-state index contributed by atoms with van der Waals surface area (Å²) in [5, 5.41) is 3.64. The molecule has 3 aromatic heterocycles. The maximum atomic E-state index is 12.2. The van der Waals surface area contributed by atoms with E-state index in [2.05, 4.69) is 15.3 Å². The van der Waals surface area contributed by atoms with Gasteiger partial charge in [-0.15, -0.1) is 0 Å². The zero-order valence-corrected chi connectivity index (χ0v) is 15.1. The van der Waals surface area contributed by atoms with Crippen molar-refractivity contribution in [3.63, 3.8) is 0 Å². The third kappa shape index (κ3) is 3.97. The topological polar surface area (TPSA) is 85.6 Å². The van der Waals surface area contributed by atoms with Gasteiger partial charge in [-0.1, -0.05) is 22.9 Å². The van der Waals surface area contributed by atoms with E-state index in [1.807, 2.05) is 0 Å². The standard InChI is InChI=1S/C16H15ClN4O3S/c1-3-24-15(23)14-9(2)18-16(25-14)20-13(22)6-11-8-21-7-10(17)4-5-12(21)19-11/h4-5,7-8H,3,6H2,1-2H3,(H,18,20,22). The number of aryl methyl sites for hydroxylation is 1. The van der Waals surface area contributed by atoms with E-state index in [0.717, 1.165) is 11.3 Å². The minimum absolute atomic E-state index is 0.0899. The van der Waals surface area contributed by atoms with Crippen LogP contribution in [0.15, 0.2) is 24.5 Å². The number of rotatable bonds is 5. The monoisotopic (exact) mass is 378 g/mol. The van der Waals surface area contributed by atoms with Crippen LogP contribution in [-0.2, 0) is 16.0 Å².